The molecular formula is C26H21N3O4S. The highest BCUT2D eigenvalue weighted by Crippen LogP contribution is 2.30. The summed E-state index contributed by atoms with van der Waals surface area (Å²) in [6.07, 6.45) is 1.65. The van der Waals surface area contributed by atoms with Crippen molar-refractivity contribution < 1.29 is 19.0 Å². The second-order valence-electron chi connectivity index (χ2n) is 7.32. The molecule has 0 amide bonds. The summed E-state index contributed by atoms with van der Waals surface area (Å²) in [5, 5.41) is 17.8. The van der Waals surface area contributed by atoms with Crippen molar-refractivity contribution in [3.8, 4) is 28.7 Å². The smallest absolute Gasteiger partial charge is 0.211 e. The Labute approximate surface area is 199 Å². The van der Waals surface area contributed by atoms with Crippen LogP contribution in [0.5, 0.6) is 17.2 Å². The lowest BCUT2D eigenvalue weighted by Crippen LogP contribution is -2.11. The van der Waals surface area contributed by atoms with E-state index in [1.165, 1.54) is 18.4 Å². The van der Waals surface area contributed by atoms with Gasteiger partial charge in [-0.1, -0.05) is 30.3 Å². The van der Waals surface area contributed by atoms with Gasteiger partial charge >= 0.3 is 0 Å². The fourth-order valence-corrected chi connectivity index (χ4v) is 4.33. The first kappa shape index (κ1) is 21.5. The van der Waals surface area contributed by atoms with Crippen molar-refractivity contribution in [1.29, 1.82) is 0 Å². The number of phenols is 1. The summed E-state index contributed by atoms with van der Waals surface area (Å²) in [5.41, 5.74) is 2.94. The van der Waals surface area contributed by atoms with E-state index in [1.807, 2.05) is 66.0 Å². The Morgan fingerprint density at radius 3 is 2.53 bits per heavy atom. The first-order chi connectivity index (χ1) is 16.7. The molecule has 2 heterocycles. The SMILES string of the molecule is COc1ccc(/C=N\n2c(-c3cc4ccccc4o3)csc2=Nc2ccccc2OC)cc1O. The molecule has 5 rings (SSSR count). The van der Waals surface area contributed by atoms with Gasteiger partial charge in [0.15, 0.2) is 17.3 Å². The number of benzene rings is 3. The minimum atomic E-state index is 0.0400. The maximum Gasteiger partial charge on any atom is 0.211 e. The van der Waals surface area contributed by atoms with Gasteiger partial charge in [-0.15, -0.1) is 11.3 Å². The molecule has 170 valence electrons. The van der Waals surface area contributed by atoms with Crippen LogP contribution in [0.1, 0.15) is 5.56 Å². The van der Waals surface area contributed by atoms with E-state index in [1.54, 1.807) is 30.1 Å². The molecule has 0 unspecified atom stereocenters. The first-order valence-electron chi connectivity index (χ1n) is 10.4. The maximum absolute atomic E-state index is 10.1. The number of phenolic OH excluding ortho intramolecular Hbond substituents is 1. The van der Waals surface area contributed by atoms with E-state index < -0.39 is 0 Å². The van der Waals surface area contributed by atoms with E-state index in [9.17, 15) is 5.11 Å². The second-order valence-corrected chi connectivity index (χ2v) is 8.16. The number of para-hydroxylation sites is 3. The molecular weight excluding hydrogens is 450 g/mol. The Kier molecular flexibility index (Phi) is 5.88. The Hall–Kier alpha value is -4.30. The summed E-state index contributed by atoms with van der Waals surface area (Å²) in [6, 6.07) is 22.5. The van der Waals surface area contributed by atoms with Gasteiger partial charge < -0.3 is 19.0 Å². The fraction of sp³-hybridized carbons (Fsp3) is 0.0769. The lowest BCUT2D eigenvalue weighted by atomic mass is 10.2. The number of hydrogen-bond donors (Lipinski definition) is 1. The standard InChI is InChI=1S/C26H21N3O4S/c1-31-23-10-6-4-8-19(23)28-26-29(27-15-17-11-12-24(32-2)21(30)13-17)20(16-34-26)25-14-18-7-3-5-9-22(18)33-25/h3-16,30H,1-2H3/b27-15-,28-26?. The Morgan fingerprint density at radius 1 is 0.941 bits per heavy atom. The molecule has 3 aromatic carbocycles. The summed E-state index contributed by atoms with van der Waals surface area (Å²) >= 11 is 1.44. The molecule has 5 aromatic rings. The summed E-state index contributed by atoms with van der Waals surface area (Å²) < 4.78 is 18.4. The van der Waals surface area contributed by atoms with E-state index in [0.717, 1.165) is 16.7 Å². The van der Waals surface area contributed by atoms with Crippen LogP contribution in [0.4, 0.5) is 5.69 Å². The van der Waals surface area contributed by atoms with Crippen molar-refractivity contribution in [3.05, 3.63) is 88.5 Å². The second kappa shape index (κ2) is 9.29. The topological polar surface area (TPSA) is 81.5 Å². The van der Waals surface area contributed by atoms with Crippen molar-refractivity contribution in [1.82, 2.24) is 4.68 Å². The third-order valence-electron chi connectivity index (χ3n) is 5.19. The Bertz CT molecular complexity index is 1530. The molecule has 0 saturated heterocycles. The predicted molar refractivity (Wildman–Crippen MR) is 133 cm³/mol. The molecule has 0 fully saturated rings. The predicted octanol–water partition coefficient (Wildman–Crippen LogP) is 5.80. The van der Waals surface area contributed by atoms with Gasteiger partial charge in [0.05, 0.1) is 20.4 Å². The van der Waals surface area contributed by atoms with Crippen molar-refractivity contribution in [2.75, 3.05) is 14.2 Å². The van der Waals surface area contributed by atoms with E-state index in [-0.39, 0.29) is 5.75 Å². The van der Waals surface area contributed by atoms with Gasteiger partial charge in [-0.05, 0) is 48.0 Å². The number of ether oxygens (including phenoxy) is 2. The molecule has 2 aromatic heterocycles. The largest absolute Gasteiger partial charge is 0.504 e. The lowest BCUT2D eigenvalue weighted by molar-refractivity contribution is 0.373. The fourth-order valence-electron chi connectivity index (χ4n) is 3.50. The van der Waals surface area contributed by atoms with Gasteiger partial charge in [0.25, 0.3) is 0 Å². The van der Waals surface area contributed by atoms with Crippen LogP contribution in [0.3, 0.4) is 0 Å². The number of rotatable bonds is 6. The Balaban J connectivity index is 1.65. The van der Waals surface area contributed by atoms with E-state index in [4.69, 9.17) is 18.9 Å². The average Bonchev–Trinajstić information content (AvgIpc) is 3.47. The molecule has 0 aliphatic heterocycles. The van der Waals surface area contributed by atoms with Gasteiger partial charge in [-0.25, -0.2) is 9.67 Å². The maximum atomic E-state index is 10.1. The zero-order valence-electron chi connectivity index (χ0n) is 18.5. The average molecular weight is 472 g/mol. The summed E-state index contributed by atoms with van der Waals surface area (Å²) in [5.74, 6) is 1.78. The normalized spacial score (nSPS) is 12.0. The van der Waals surface area contributed by atoms with Crippen LogP contribution >= 0.6 is 11.3 Å². The first-order valence-corrected chi connectivity index (χ1v) is 11.3. The number of aromatic nitrogens is 1. The van der Waals surface area contributed by atoms with Crippen LogP contribution in [0, 0.1) is 0 Å². The van der Waals surface area contributed by atoms with Gasteiger partial charge in [0, 0.05) is 10.8 Å². The molecule has 0 atom stereocenters. The zero-order chi connectivity index (χ0) is 23.5. The van der Waals surface area contributed by atoms with E-state index >= 15 is 0 Å². The quantitative estimate of drug-likeness (QED) is 0.317. The van der Waals surface area contributed by atoms with Gasteiger partial charge in [-0.3, -0.25) is 0 Å². The highest BCUT2D eigenvalue weighted by Gasteiger charge is 2.13. The Morgan fingerprint density at radius 2 is 1.74 bits per heavy atom. The third kappa shape index (κ3) is 4.18. The number of thiazole rings is 1. The van der Waals surface area contributed by atoms with Crippen molar-refractivity contribution in [2.24, 2.45) is 10.1 Å². The van der Waals surface area contributed by atoms with Crippen LogP contribution in [0.2, 0.25) is 0 Å². The van der Waals surface area contributed by atoms with E-state index in [2.05, 4.69) is 5.10 Å². The molecule has 8 heteroatoms. The molecule has 7 nitrogen and oxygen atoms in total. The molecule has 0 spiro atoms. The van der Waals surface area contributed by atoms with Crippen LogP contribution in [-0.2, 0) is 0 Å². The molecule has 34 heavy (non-hydrogen) atoms. The molecule has 0 saturated carbocycles. The summed E-state index contributed by atoms with van der Waals surface area (Å²) in [7, 11) is 3.13. The number of methoxy groups -OCH3 is 2. The van der Waals surface area contributed by atoms with Crippen LogP contribution in [0.15, 0.2) is 92.7 Å². The van der Waals surface area contributed by atoms with Gasteiger partial charge in [0.2, 0.25) is 4.80 Å². The number of nitrogens with zero attached hydrogens (tertiary/aromatic N) is 3. The zero-order valence-corrected chi connectivity index (χ0v) is 19.3. The molecule has 1 N–H and O–H groups in total. The van der Waals surface area contributed by atoms with Crippen molar-refractivity contribution in [2.45, 2.75) is 0 Å². The number of furan rings is 1. The van der Waals surface area contributed by atoms with E-state index in [0.29, 0.717) is 33.3 Å². The lowest BCUT2D eigenvalue weighted by Gasteiger charge is -2.05. The van der Waals surface area contributed by atoms with Crippen LogP contribution in [0.25, 0.3) is 22.4 Å². The summed E-state index contributed by atoms with van der Waals surface area (Å²) in [4.78, 5) is 5.43. The monoisotopic (exact) mass is 471 g/mol. The minimum Gasteiger partial charge on any atom is -0.504 e. The van der Waals surface area contributed by atoms with Gasteiger partial charge in [0.1, 0.15) is 22.7 Å². The van der Waals surface area contributed by atoms with Crippen LogP contribution in [-0.4, -0.2) is 30.2 Å². The molecule has 0 bridgehead atoms. The minimum absolute atomic E-state index is 0.0400. The summed E-state index contributed by atoms with van der Waals surface area (Å²) in [6.45, 7) is 0. The van der Waals surface area contributed by atoms with Crippen LogP contribution < -0.4 is 14.3 Å². The highest BCUT2D eigenvalue weighted by atomic mass is 32.1. The molecule has 0 aliphatic rings. The number of aromatic hydroxyl groups is 1. The highest BCUT2D eigenvalue weighted by molar-refractivity contribution is 7.07. The molecule has 0 radical (unpaired) electrons. The van der Waals surface area contributed by atoms with Crippen molar-refractivity contribution >= 4 is 34.2 Å². The van der Waals surface area contributed by atoms with Crippen molar-refractivity contribution in [3.63, 3.8) is 0 Å². The molecule has 0 aliphatic carbocycles. The third-order valence-corrected chi connectivity index (χ3v) is 6.01. The number of fused-ring (bicyclic) bond motifs is 1. The number of hydrogen-bond acceptors (Lipinski definition) is 7. The van der Waals surface area contributed by atoms with Gasteiger partial charge in [-0.2, -0.15) is 5.10 Å².